The van der Waals surface area contributed by atoms with Gasteiger partial charge in [0.2, 0.25) is 0 Å². The standard InChI is InChI=1S/C24H25NO4/c1-24(2,3)29-23(27)17-11-9-16(10-12-17)13-21-20-8-6-5-7-19(20)18(15-25-21)14-22(26)28-4/h5-12,15H,13-14H2,1-4H3. The second-order valence-corrected chi connectivity index (χ2v) is 7.90. The van der Waals surface area contributed by atoms with Crippen LogP contribution in [0.3, 0.4) is 0 Å². The lowest BCUT2D eigenvalue weighted by Crippen LogP contribution is -2.23. The molecule has 29 heavy (non-hydrogen) atoms. The summed E-state index contributed by atoms with van der Waals surface area (Å²) in [6.07, 6.45) is 2.55. The largest absolute Gasteiger partial charge is 0.469 e. The van der Waals surface area contributed by atoms with E-state index in [1.54, 1.807) is 18.3 Å². The molecule has 3 aromatic rings. The number of methoxy groups -OCH3 is 1. The Hall–Kier alpha value is -3.21. The van der Waals surface area contributed by atoms with E-state index in [4.69, 9.17) is 9.47 Å². The summed E-state index contributed by atoms with van der Waals surface area (Å²) in [6.45, 7) is 5.54. The molecule has 0 fully saturated rings. The minimum Gasteiger partial charge on any atom is -0.469 e. The Balaban J connectivity index is 1.84. The van der Waals surface area contributed by atoms with Crippen molar-refractivity contribution in [1.82, 2.24) is 4.98 Å². The van der Waals surface area contributed by atoms with Gasteiger partial charge in [-0.1, -0.05) is 36.4 Å². The fraction of sp³-hybridized carbons (Fsp3) is 0.292. The Morgan fingerprint density at radius 1 is 0.966 bits per heavy atom. The van der Waals surface area contributed by atoms with Gasteiger partial charge in [-0.05, 0) is 49.4 Å². The van der Waals surface area contributed by atoms with Gasteiger partial charge in [-0.15, -0.1) is 0 Å². The van der Waals surface area contributed by atoms with Crippen molar-refractivity contribution in [2.45, 2.75) is 39.2 Å². The summed E-state index contributed by atoms with van der Waals surface area (Å²) in [4.78, 5) is 28.5. The van der Waals surface area contributed by atoms with Gasteiger partial charge in [0.15, 0.2) is 0 Å². The number of carbonyl (C=O) groups is 2. The number of nitrogens with zero attached hydrogens (tertiary/aromatic N) is 1. The number of esters is 2. The van der Waals surface area contributed by atoms with Crippen LogP contribution < -0.4 is 0 Å². The highest BCUT2D eigenvalue weighted by molar-refractivity contribution is 5.91. The number of pyridine rings is 1. The van der Waals surface area contributed by atoms with E-state index in [9.17, 15) is 9.59 Å². The lowest BCUT2D eigenvalue weighted by Gasteiger charge is -2.19. The molecule has 0 aliphatic rings. The van der Waals surface area contributed by atoms with E-state index in [-0.39, 0.29) is 18.4 Å². The van der Waals surface area contributed by atoms with E-state index in [1.165, 1.54) is 7.11 Å². The number of fused-ring (bicyclic) bond motifs is 1. The van der Waals surface area contributed by atoms with Gasteiger partial charge in [-0.2, -0.15) is 0 Å². The molecule has 2 aromatic carbocycles. The highest BCUT2D eigenvalue weighted by atomic mass is 16.6. The van der Waals surface area contributed by atoms with Gasteiger partial charge < -0.3 is 9.47 Å². The molecule has 1 aromatic heterocycles. The quantitative estimate of drug-likeness (QED) is 0.599. The van der Waals surface area contributed by atoms with E-state index >= 15 is 0 Å². The summed E-state index contributed by atoms with van der Waals surface area (Å²) in [5.74, 6) is -0.623. The minimum absolute atomic E-state index is 0.189. The second-order valence-electron chi connectivity index (χ2n) is 7.90. The molecule has 0 saturated carbocycles. The molecule has 150 valence electrons. The number of rotatable bonds is 5. The lowest BCUT2D eigenvalue weighted by molar-refractivity contribution is -0.139. The van der Waals surface area contributed by atoms with Crippen molar-refractivity contribution in [3.05, 3.63) is 77.1 Å². The van der Waals surface area contributed by atoms with E-state index in [0.29, 0.717) is 12.0 Å². The SMILES string of the molecule is COC(=O)Cc1cnc(Cc2ccc(C(=O)OC(C)(C)C)cc2)c2ccccc12. The van der Waals surface area contributed by atoms with Gasteiger partial charge in [0.05, 0.1) is 24.8 Å². The number of aromatic nitrogens is 1. The molecule has 0 N–H and O–H groups in total. The highest BCUT2D eigenvalue weighted by Gasteiger charge is 2.18. The van der Waals surface area contributed by atoms with Crippen LogP contribution in [0.25, 0.3) is 10.8 Å². The maximum absolute atomic E-state index is 12.2. The van der Waals surface area contributed by atoms with E-state index in [0.717, 1.165) is 27.6 Å². The molecule has 0 unspecified atom stereocenters. The predicted octanol–water partition coefficient (Wildman–Crippen LogP) is 4.50. The Labute approximate surface area is 170 Å². The average Bonchev–Trinajstić information content (AvgIpc) is 2.69. The van der Waals surface area contributed by atoms with Gasteiger partial charge in [0.1, 0.15) is 5.60 Å². The summed E-state index contributed by atoms with van der Waals surface area (Å²) in [6, 6.07) is 15.3. The fourth-order valence-electron chi connectivity index (χ4n) is 3.11. The van der Waals surface area contributed by atoms with Crippen LogP contribution in [-0.2, 0) is 27.1 Å². The molecule has 0 aliphatic carbocycles. The van der Waals surface area contributed by atoms with Crippen LogP contribution >= 0.6 is 0 Å². The van der Waals surface area contributed by atoms with Crippen molar-refractivity contribution in [3.63, 3.8) is 0 Å². The summed E-state index contributed by atoms with van der Waals surface area (Å²) in [5, 5.41) is 2.00. The summed E-state index contributed by atoms with van der Waals surface area (Å²) < 4.78 is 10.2. The molecule has 0 saturated heterocycles. The zero-order valence-corrected chi connectivity index (χ0v) is 17.2. The van der Waals surface area contributed by atoms with Crippen molar-refractivity contribution in [3.8, 4) is 0 Å². The molecule has 1 heterocycles. The Morgan fingerprint density at radius 2 is 1.62 bits per heavy atom. The normalized spacial score (nSPS) is 11.3. The van der Waals surface area contributed by atoms with Crippen LogP contribution in [0.5, 0.6) is 0 Å². The van der Waals surface area contributed by atoms with Crippen LogP contribution in [0.4, 0.5) is 0 Å². The van der Waals surface area contributed by atoms with Crippen LogP contribution in [0.2, 0.25) is 0 Å². The fourth-order valence-corrected chi connectivity index (χ4v) is 3.11. The van der Waals surface area contributed by atoms with Crippen LogP contribution in [-0.4, -0.2) is 29.6 Å². The minimum atomic E-state index is -0.523. The van der Waals surface area contributed by atoms with Crippen molar-refractivity contribution >= 4 is 22.7 Å². The molecule has 0 amide bonds. The van der Waals surface area contributed by atoms with Crippen LogP contribution in [0, 0.1) is 0 Å². The Bertz CT molecular complexity index is 1030. The molecule has 0 spiro atoms. The maximum atomic E-state index is 12.2. The second kappa shape index (κ2) is 8.43. The molecule has 5 nitrogen and oxygen atoms in total. The van der Waals surface area contributed by atoms with Gasteiger partial charge in [-0.3, -0.25) is 9.78 Å². The lowest BCUT2D eigenvalue weighted by atomic mass is 9.99. The first-order valence-corrected chi connectivity index (χ1v) is 9.51. The third-order valence-corrected chi connectivity index (χ3v) is 4.48. The molecule has 5 heteroatoms. The number of hydrogen-bond donors (Lipinski definition) is 0. The van der Waals surface area contributed by atoms with Crippen molar-refractivity contribution in [2.75, 3.05) is 7.11 Å². The van der Waals surface area contributed by atoms with E-state index in [1.807, 2.05) is 57.2 Å². The summed E-state index contributed by atoms with van der Waals surface area (Å²) in [5.41, 5.74) is 2.80. The topological polar surface area (TPSA) is 65.5 Å². The summed E-state index contributed by atoms with van der Waals surface area (Å²) >= 11 is 0. The Kier molecular flexibility index (Phi) is 5.97. The van der Waals surface area contributed by atoms with Crippen LogP contribution in [0.15, 0.2) is 54.7 Å². The van der Waals surface area contributed by atoms with Crippen LogP contribution in [0.1, 0.15) is 48.0 Å². The van der Waals surface area contributed by atoms with Gasteiger partial charge in [-0.25, -0.2) is 4.79 Å². The van der Waals surface area contributed by atoms with Crippen molar-refractivity contribution in [1.29, 1.82) is 0 Å². The molecule has 3 rings (SSSR count). The monoisotopic (exact) mass is 391 g/mol. The predicted molar refractivity (Wildman–Crippen MR) is 112 cm³/mol. The number of benzene rings is 2. The number of hydrogen-bond acceptors (Lipinski definition) is 5. The van der Waals surface area contributed by atoms with Gasteiger partial charge in [0, 0.05) is 18.0 Å². The molecular weight excluding hydrogens is 366 g/mol. The number of ether oxygens (including phenoxy) is 2. The number of carbonyl (C=O) groups excluding carboxylic acids is 2. The first kappa shape index (κ1) is 20.5. The molecule has 0 aliphatic heterocycles. The molecule has 0 bridgehead atoms. The highest BCUT2D eigenvalue weighted by Crippen LogP contribution is 2.24. The van der Waals surface area contributed by atoms with E-state index in [2.05, 4.69) is 4.98 Å². The summed E-state index contributed by atoms with van der Waals surface area (Å²) in [7, 11) is 1.38. The third-order valence-electron chi connectivity index (χ3n) is 4.48. The smallest absolute Gasteiger partial charge is 0.338 e. The van der Waals surface area contributed by atoms with Crippen molar-refractivity contribution in [2.24, 2.45) is 0 Å². The molecule has 0 atom stereocenters. The first-order valence-electron chi connectivity index (χ1n) is 9.51. The molecular formula is C24H25NO4. The Morgan fingerprint density at radius 3 is 2.24 bits per heavy atom. The zero-order chi connectivity index (χ0) is 21.0. The average molecular weight is 391 g/mol. The van der Waals surface area contributed by atoms with E-state index < -0.39 is 5.60 Å². The van der Waals surface area contributed by atoms with Gasteiger partial charge >= 0.3 is 11.9 Å². The molecule has 0 radical (unpaired) electrons. The van der Waals surface area contributed by atoms with Gasteiger partial charge in [0.25, 0.3) is 0 Å². The first-order chi connectivity index (χ1) is 13.8. The van der Waals surface area contributed by atoms with Crippen molar-refractivity contribution < 1.29 is 19.1 Å². The third kappa shape index (κ3) is 5.19. The zero-order valence-electron chi connectivity index (χ0n) is 17.2. The maximum Gasteiger partial charge on any atom is 0.338 e.